The van der Waals surface area contributed by atoms with Crippen LogP contribution in [0.5, 0.6) is 5.75 Å². The summed E-state index contributed by atoms with van der Waals surface area (Å²) in [4.78, 5) is 27.0. The number of ketones is 1. The average molecular weight is 450 g/mol. The molecular weight excluding hydrogens is 422 g/mol. The van der Waals surface area contributed by atoms with Crippen LogP contribution in [0.25, 0.3) is 0 Å². The number of hydrogen-bond donors (Lipinski definition) is 2. The second-order valence-corrected chi connectivity index (χ2v) is 8.33. The summed E-state index contributed by atoms with van der Waals surface area (Å²) in [5.41, 5.74) is 3.57. The zero-order valence-electron chi connectivity index (χ0n) is 18.1. The number of allylic oxidation sites excluding steroid dienone is 1. The molecule has 1 amide bonds. The van der Waals surface area contributed by atoms with E-state index in [4.69, 9.17) is 17.0 Å². The van der Waals surface area contributed by atoms with Gasteiger partial charge in [-0.15, -0.1) is 0 Å². The number of anilines is 1. The summed E-state index contributed by atoms with van der Waals surface area (Å²) < 4.78 is 5.63. The van der Waals surface area contributed by atoms with Crippen LogP contribution >= 0.6 is 12.2 Å². The molecule has 2 aromatic rings. The first kappa shape index (κ1) is 22.0. The summed E-state index contributed by atoms with van der Waals surface area (Å²) in [6, 6.07) is 16.5. The summed E-state index contributed by atoms with van der Waals surface area (Å²) in [6.07, 6.45) is 3.27. The molecule has 0 radical (unpaired) electrons. The van der Waals surface area contributed by atoms with Crippen LogP contribution in [0.4, 0.5) is 5.69 Å². The number of Topliss-reactive ketones (excluding diaryl/α,β-unsaturated/α-hetero) is 1. The molecule has 0 fully saturated rings. The van der Waals surface area contributed by atoms with Crippen molar-refractivity contribution < 1.29 is 14.3 Å². The van der Waals surface area contributed by atoms with Crippen molar-refractivity contribution in [3.8, 4) is 5.75 Å². The lowest BCUT2D eigenvalue weighted by Gasteiger charge is -2.41. The fourth-order valence-corrected chi connectivity index (χ4v) is 4.50. The zero-order chi connectivity index (χ0) is 22.5. The van der Waals surface area contributed by atoms with Crippen LogP contribution in [-0.4, -0.2) is 34.9 Å². The predicted molar refractivity (Wildman–Crippen MR) is 128 cm³/mol. The lowest BCUT2D eigenvalue weighted by atomic mass is 9.85. The quantitative estimate of drug-likeness (QED) is 0.613. The van der Waals surface area contributed by atoms with E-state index in [0.29, 0.717) is 17.3 Å². The molecule has 0 spiro atoms. The zero-order valence-corrected chi connectivity index (χ0v) is 18.9. The van der Waals surface area contributed by atoms with E-state index < -0.39 is 0 Å². The number of carbonyl (C=O) groups excluding carboxylic acids is 2. The minimum atomic E-state index is -0.256. The smallest absolute Gasteiger partial charge is 0.262 e. The van der Waals surface area contributed by atoms with Crippen LogP contribution in [-0.2, 0) is 9.59 Å². The number of benzene rings is 2. The van der Waals surface area contributed by atoms with E-state index in [0.717, 1.165) is 48.3 Å². The molecule has 1 heterocycles. The molecule has 6 nitrogen and oxygen atoms in total. The molecule has 0 saturated heterocycles. The van der Waals surface area contributed by atoms with Gasteiger partial charge in [-0.05, 0) is 61.3 Å². The molecule has 166 valence electrons. The normalized spacial score (nSPS) is 18.2. The Morgan fingerprint density at radius 1 is 1.16 bits per heavy atom. The monoisotopic (exact) mass is 449 g/mol. The van der Waals surface area contributed by atoms with Gasteiger partial charge in [0.2, 0.25) is 0 Å². The molecule has 2 aliphatic rings. The SMILES string of the molecule is CCCN1C(=S)NC(c2ccc(OCC(=O)Nc3ccccc3)cc2)C2=C1CCCC2=O. The number of nitrogens with zero attached hydrogens (tertiary/aromatic N) is 1. The standard InChI is InChI=1S/C25H27N3O3S/c1-2-15-28-20-9-6-10-21(29)23(20)24(27-25(28)32)17-11-13-19(14-12-17)31-16-22(30)26-18-7-4-3-5-8-18/h3-5,7-8,11-14,24H,2,6,9-10,15-16H2,1H3,(H,26,30)(H,27,32). The van der Waals surface area contributed by atoms with Crippen LogP contribution in [0.2, 0.25) is 0 Å². The van der Waals surface area contributed by atoms with Gasteiger partial charge in [-0.1, -0.05) is 37.3 Å². The molecule has 0 aromatic heterocycles. The number of rotatable bonds is 7. The molecule has 2 N–H and O–H groups in total. The van der Waals surface area contributed by atoms with Crippen molar-refractivity contribution in [3.05, 3.63) is 71.4 Å². The Morgan fingerprint density at radius 2 is 1.91 bits per heavy atom. The average Bonchev–Trinajstić information content (AvgIpc) is 2.80. The van der Waals surface area contributed by atoms with Crippen LogP contribution < -0.4 is 15.4 Å². The summed E-state index contributed by atoms with van der Waals surface area (Å²) in [5, 5.41) is 6.83. The molecule has 4 rings (SSSR count). The largest absolute Gasteiger partial charge is 0.484 e. The van der Waals surface area contributed by atoms with Crippen LogP contribution in [0, 0.1) is 0 Å². The van der Waals surface area contributed by atoms with E-state index in [1.165, 1.54) is 0 Å². The van der Waals surface area contributed by atoms with Gasteiger partial charge in [0.25, 0.3) is 5.91 Å². The van der Waals surface area contributed by atoms with Gasteiger partial charge in [-0.25, -0.2) is 0 Å². The first-order valence-corrected chi connectivity index (χ1v) is 11.4. The number of thiocarbonyl (C=S) groups is 1. The van der Waals surface area contributed by atoms with E-state index in [-0.39, 0.29) is 24.3 Å². The fourth-order valence-electron chi connectivity index (χ4n) is 4.18. The molecule has 1 aliphatic heterocycles. The van der Waals surface area contributed by atoms with Crippen molar-refractivity contribution in [2.75, 3.05) is 18.5 Å². The van der Waals surface area contributed by atoms with Gasteiger partial charge in [0.15, 0.2) is 17.5 Å². The number of para-hydroxylation sites is 1. The maximum absolute atomic E-state index is 12.8. The Balaban J connectivity index is 1.46. The molecule has 32 heavy (non-hydrogen) atoms. The highest BCUT2D eigenvalue weighted by atomic mass is 32.1. The van der Waals surface area contributed by atoms with Crippen molar-refractivity contribution in [2.45, 2.75) is 38.6 Å². The first-order valence-electron chi connectivity index (χ1n) is 11.0. The number of carbonyl (C=O) groups is 2. The Labute approximate surface area is 193 Å². The van der Waals surface area contributed by atoms with Gasteiger partial charge in [0.1, 0.15) is 5.75 Å². The van der Waals surface area contributed by atoms with Crippen molar-refractivity contribution in [3.63, 3.8) is 0 Å². The van der Waals surface area contributed by atoms with Crippen molar-refractivity contribution in [1.29, 1.82) is 0 Å². The molecule has 7 heteroatoms. The van der Waals surface area contributed by atoms with Crippen molar-refractivity contribution in [1.82, 2.24) is 10.2 Å². The summed E-state index contributed by atoms with van der Waals surface area (Å²) >= 11 is 5.63. The fraction of sp³-hybridized carbons (Fsp3) is 0.320. The second kappa shape index (κ2) is 9.96. The highest BCUT2D eigenvalue weighted by Crippen LogP contribution is 2.37. The molecule has 1 atom stereocenters. The maximum Gasteiger partial charge on any atom is 0.262 e. The second-order valence-electron chi connectivity index (χ2n) is 7.94. The summed E-state index contributed by atoms with van der Waals surface area (Å²) in [7, 11) is 0. The Bertz CT molecular complexity index is 1030. The highest BCUT2D eigenvalue weighted by molar-refractivity contribution is 7.80. The third kappa shape index (κ3) is 4.83. The molecule has 1 unspecified atom stereocenters. The van der Waals surface area contributed by atoms with E-state index in [9.17, 15) is 9.59 Å². The van der Waals surface area contributed by atoms with Gasteiger partial charge in [0, 0.05) is 29.9 Å². The van der Waals surface area contributed by atoms with Gasteiger partial charge < -0.3 is 20.3 Å². The molecular formula is C25H27N3O3S. The number of nitrogens with one attached hydrogen (secondary N) is 2. The van der Waals surface area contributed by atoms with E-state index >= 15 is 0 Å². The van der Waals surface area contributed by atoms with Gasteiger partial charge in [0.05, 0.1) is 6.04 Å². The molecule has 1 aliphatic carbocycles. The summed E-state index contributed by atoms with van der Waals surface area (Å²) in [5.74, 6) is 0.551. The van der Waals surface area contributed by atoms with Crippen molar-refractivity contribution >= 4 is 34.7 Å². The number of amides is 1. The molecule has 2 aromatic carbocycles. The molecule has 0 bridgehead atoms. The summed E-state index contributed by atoms with van der Waals surface area (Å²) in [6.45, 7) is 2.83. The van der Waals surface area contributed by atoms with Crippen LogP contribution in [0.3, 0.4) is 0 Å². The van der Waals surface area contributed by atoms with Gasteiger partial charge in [-0.2, -0.15) is 0 Å². The number of hydrogen-bond acceptors (Lipinski definition) is 4. The van der Waals surface area contributed by atoms with Gasteiger partial charge >= 0.3 is 0 Å². The lowest BCUT2D eigenvalue weighted by Crippen LogP contribution is -2.49. The Hall–Kier alpha value is -3.19. The third-order valence-electron chi connectivity index (χ3n) is 5.64. The first-order chi connectivity index (χ1) is 15.6. The Morgan fingerprint density at radius 3 is 2.62 bits per heavy atom. The van der Waals surface area contributed by atoms with E-state index in [1.807, 2.05) is 54.6 Å². The Kier molecular flexibility index (Phi) is 6.85. The van der Waals surface area contributed by atoms with E-state index in [2.05, 4.69) is 22.5 Å². The topological polar surface area (TPSA) is 70.7 Å². The minimum Gasteiger partial charge on any atom is -0.484 e. The highest BCUT2D eigenvalue weighted by Gasteiger charge is 2.36. The van der Waals surface area contributed by atoms with Gasteiger partial charge in [-0.3, -0.25) is 9.59 Å². The van der Waals surface area contributed by atoms with Crippen LogP contribution in [0.15, 0.2) is 65.9 Å². The van der Waals surface area contributed by atoms with Crippen molar-refractivity contribution in [2.24, 2.45) is 0 Å². The maximum atomic E-state index is 12.8. The predicted octanol–water partition coefficient (Wildman–Crippen LogP) is 4.35. The minimum absolute atomic E-state index is 0.0836. The number of ether oxygens (including phenoxy) is 1. The van der Waals surface area contributed by atoms with E-state index in [1.54, 1.807) is 0 Å². The van der Waals surface area contributed by atoms with Crippen LogP contribution in [0.1, 0.15) is 44.2 Å². The molecule has 0 saturated carbocycles. The third-order valence-corrected chi connectivity index (χ3v) is 5.98. The lowest BCUT2D eigenvalue weighted by molar-refractivity contribution is -0.118.